The summed E-state index contributed by atoms with van der Waals surface area (Å²) >= 11 is 0. The molecule has 16 heavy (non-hydrogen) atoms. The molecule has 0 amide bonds. The molecular formula is C13H12FNO. The van der Waals surface area contributed by atoms with Crippen molar-refractivity contribution in [3.05, 3.63) is 53.8 Å². The molecule has 0 aromatic heterocycles. The molecule has 0 aliphatic rings. The fraction of sp³-hybridized carbons (Fsp3) is 0.0769. The first kappa shape index (κ1) is 10.5. The van der Waals surface area contributed by atoms with Gasteiger partial charge in [-0.25, -0.2) is 4.39 Å². The maximum Gasteiger partial charge on any atom is 0.150 e. The van der Waals surface area contributed by atoms with Crippen molar-refractivity contribution >= 4 is 5.69 Å². The van der Waals surface area contributed by atoms with Crippen LogP contribution in [0.2, 0.25) is 0 Å². The van der Waals surface area contributed by atoms with Crippen LogP contribution >= 0.6 is 0 Å². The summed E-state index contributed by atoms with van der Waals surface area (Å²) in [6.07, 6.45) is 0. The fourth-order valence-electron chi connectivity index (χ4n) is 1.36. The number of rotatable bonds is 2. The zero-order valence-electron chi connectivity index (χ0n) is 8.91. The standard InChI is InChI=1S/C13H12FNO/c1-9-2-7-12(15)13(8-9)16-11-5-3-10(14)4-6-11/h2-8H,15H2,1H3. The number of hydrogen-bond acceptors (Lipinski definition) is 2. The van der Waals surface area contributed by atoms with Gasteiger partial charge in [-0.1, -0.05) is 6.07 Å². The Hall–Kier alpha value is -2.03. The highest BCUT2D eigenvalue weighted by molar-refractivity contribution is 5.55. The fourth-order valence-corrected chi connectivity index (χ4v) is 1.36. The van der Waals surface area contributed by atoms with Gasteiger partial charge >= 0.3 is 0 Å². The van der Waals surface area contributed by atoms with Crippen LogP contribution in [-0.2, 0) is 0 Å². The highest BCUT2D eigenvalue weighted by Crippen LogP contribution is 2.28. The van der Waals surface area contributed by atoms with Crippen LogP contribution in [0.1, 0.15) is 5.56 Å². The lowest BCUT2D eigenvalue weighted by Crippen LogP contribution is -1.92. The number of nitrogens with two attached hydrogens (primary N) is 1. The van der Waals surface area contributed by atoms with Gasteiger partial charge in [0.25, 0.3) is 0 Å². The third kappa shape index (κ3) is 2.31. The third-order valence-electron chi connectivity index (χ3n) is 2.21. The molecule has 0 bridgehead atoms. The number of ether oxygens (including phenoxy) is 1. The zero-order chi connectivity index (χ0) is 11.5. The van der Waals surface area contributed by atoms with E-state index in [1.165, 1.54) is 12.1 Å². The molecule has 0 saturated carbocycles. The number of halogens is 1. The predicted molar refractivity (Wildman–Crippen MR) is 62.1 cm³/mol. The first-order valence-corrected chi connectivity index (χ1v) is 4.95. The quantitative estimate of drug-likeness (QED) is 0.781. The van der Waals surface area contributed by atoms with Crippen molar-refractivity contribution in [3.8, 4) is 11.5 Å². The summed E-state index contributed by atoms with van der Waals surface area (Å²) in [5.74, 6) is 0.870. The van der Waals surface area contributed by atoms with Gasteiger partial charge in [-0.3, -0.25) is 0 Å². The second-order valence-electron chi connectivity index (χ2n) is 3.60. The van der Waals surface area contributed by atoms with Crippen molar-refractivity contribution in [1.29, 1.82) is 0 Å². The van der Waals surface area contributed by atoms with Crippen LogP contribution in [0.3, 0.4) is 0 Å². The monoisotopic (exact) mass is 217 g/mol. The van der Waals surface area contributed by atoms with Gasteiger partial charge in [0, 0.05) is 0 Å². The highest BCUT2D eigenvalue weighted by atomic mass is 19.1. The van der Waals surface area contributed by atoms with E-state index in [1.54, 1.807) is 18.2 Å². The van der Waals surface area contributed by atoms with E-state index in [4.69, 9.17) is 10.5 Å². The Balaban J connectivity index is 2.26. The second-order valence-corrected chi connectivity index (χ2v) is 3.60. The average molecular weight is 217 g/mol. The Morgan fingerprint density at radius 1 is 1.06 bits per heavy atom. The van der Waals surface area contributed by atoms with Crippen LogP contribution in [0.15, 0.2) is 42.5 Å². The smallest absolute Gasteiger partial charge is 0.150 e. The van der Waals surface area contributed by atoms with E-state index >= 15 is 0 Å². The van der Waals surface area contributed by atoms with E-state index in [9.17, 15) is 4.39 Å². The Labute approximate surface area is 93.5 Å². The maximum absolute atomic E-state index is 12.7. The summed E-state index contributed by atoms with van der Waals surface area (Å²) in [6.45, 7) is 1.96. The van der Waals surface area contributed by atoms with Crippen LogP contribution in [0.25, 0.3) is 0 Å². The molecule has 2 rings (SSSR count). The third-order valence-corrected chi connectivity index (χ3v) is 2.21. The summed E-state index contributed by atoms with van der Waals surface area (Å²) in [7, 11) is 0. The van der Waals surface area contributed by atoms with Crippen LogP contribution in [0, 0.1) is 12.7 Å². The van der Waals surface area contributed by atoms with E-state index in [0.29, 0.717) is 17.2 Å². The van der Waals surface area contributed by atoms with Gasteiger partial charge in [0.05, 0.1) is 5.69 Å². The molecule has 0 saturated heterocycles. The van der Waals surface area contributed by atoms with Crippen LogP contribution < -0.4 is 10.5 Å². The molecule has 0 unspecified atom stereocenters. The van der Waals surface area contributed by atoms with Crippen molar-refractivity contribution in [2.75, 3.05) is 5.73 Å². The van der Waals surface area contributed by atoms with Crippen molar-refractivity contribution in [2.45, 2.75) is 6.92 Å². The van der Waals surface area contributed by atoms with E-state index in [2.05, 4.69) is 0 Å². The molecule has 2 aromatic carbocycles. The molecule has 2 aromatic rings. The van der Waals surface area contributed by atoms with Gasteiger partial charge in [0.15, 0.2) is 5.75 Å². The van der Waals surface area contributed by atoms with Gasteiger partial charge in [-0.15, -0.1) is 0 Å². The van der Waals surface area contributed by atoms with Gasteiger partial charge in [0.2, 0.25) is 0 Å². The van der Waals surface area contributed by atoms with Crippen molar-refractivity contribution in [1.82, 2.24) is 0 Å². The normalized spacial score (nSPS) is 10.1. The van der Waals surface area contributed by atoms with Crippen LogP contribution in [0.5, 0.6) is 11.5 Å². The lowest BCUT2D eigenvalue weighted by molar-refractivity contribution is 0.482. The molecule has 0 aliphatic heterocycles. The van der Waals surface area contributed by atoms with E-state index in [1.807, 2.05) is 19.1 Å². The van der Waals surface area contributed by atoms with E-state index < -0.39 is 0 Å². The highest BCUT2D eigenvalue weighted by Gasteiger charge is 2.02. The maximum atomic E-state index is 12.7. The number of anilines is 1. The summed E-state index contributed by atoms with van der Waals surface area (Å²) in [5, 5.41) is 0. The molecule has 0 aliphatic carbocycles. The van der Waals surface area contributed by atoms with Gasteiger partial charge in [-0.2, -0.15) is 0 Å². The molecule has 2 nitrogen and oxygen atoms in total. The minimum absolute atomic E-state index is 0.287. The Bertz CT molecular complexity index is 494. The number of aryl methyl sites for hydroxylation is 1. The minimum Gasteiger partial charge on any atom is -0.455 e. The first-order chi connectivity index (χ1) is 7.65. The molecule has 0 spiro atoms. The predicted octanol–water partition coefficient (Wildman–Crippen LogP) is 3.51. The molecule has 82 valence electrons. The molecule has 0 heterocycles. The van der Waals surface area contributed by atoms with Gasteiger partial charge in [0.1, 0.15) is 11.6 Å². The first-order valence-electron chi connectivity index (χ1n) is 4.95. The van der Waals surface area contributed by atoms with E-state index in [-0.39, 0.29) is 5.82 Å². The topological polar surface area (TPSA) is 35.2 Å². The van der Waals surface area contributed by atoms with E-state index in [0.717, 1.165) is 5.56 Å². The molecule has 0 radical (unpaired) electrons. The molecule has 3 heteroatoms. The number of nitrogen functional groups attached to an aromatic ring is 1. The molecule has 0 atom stereocenters. The van der Waals surface area contributed by atoms with Crippen molar-refractivity contribution in [2.24, 2.45) is 0 Å². The molecular weight excluding hydrogens is 205 g/mol. The number of benzene rings is 2. The lowest BCUT2D eigenvalue weighted by atomic mass is 10.2. The van der Waals surface area contributed by atoms with Crippen LogP contribution in [0.4, 0.5) is 10.1 Å². The second kappa shape index (κ2) is 4.23. The largest absolute Gasteiger partial charge is 0.455 e. The van der Waals surface area contributed by atoms with Crippen LogP contribution in [-0.4, -0.2) is 0 Å². The average Bonchev–Trinajstić information content (AvgIpc) is 2.27. The Kier molecular flexibility index (Phi) is 2.77. The molecule has 2 N–H and O–H groups in total. The SMILES string of the molecule is Cc1ccc(N)c(Oc2ccc(F)cc2)c1. The number of hydrogen-bond donors (Lipinski definition) is 1. The Morgan fingerprint density at radius 3 is 2.44 bits per heavy atom. The molecule has 0 fully saturated rings. The van der Waals surface area contributed by atoms with Crippen molar-refractivity contribution < 1.29 is 9.13 Å². The van der Waals surface area contributed by atoms with Gasteiger partial charge in [-0.05, 0) is 48.9 Å². The summed E-state index contributed by atoms with van der Waals surface area (Å²) in [6, 6.07) is 11.4. The van der Waals surface area contributed by atoms with Gasteiger partial charge < -0.3 is 10.5 Å². The summed E-state index contributed by atoms with van der Waals surface area (Å²) in [5.41, 5.74) is 7.39. The lowest BCUT2D eigenvalue weighted by Gasteiger charge is -2.08. The summed E-state index contributed by atoms with van der Waals surface area (Å²) < 4.78 is 18.2. The zero-order valence-corrected chi connectivity index (χ0v) is 8.91. The Morgan fingerprint density at radius 2 is 1.75 bits per heavy atom. The minimum atomic E-state index is -0.287. The summed E-state index contributed by atoms with van der Waals surface area (Å²) in [4.78, 5) is 0. The van der Waals surface area contributed by atoms with Crippen molar-refractivity contribution in [3.63, 3.8) is 0 Å².